The van der Waals surface area contributed by atoms with E-state index in [2.05, 4.69) is 9.97 Å². The molecule has 1 aliphatic heterocycles. The molecule has 4 N–H and O–H groups in total. The Kier molecular flexibility index (Phi) is 3.12. The lowest BCUT2D eigenvalue weighted by Crippen LogP contribution is -2.42. The van der Waals surface area contributed by atoms with Gasteiger partial charge in [-0.2, -0.15) is 0 Å². The standard InChI is InChI=1S/C13H17FN4O3/c1-6(19)8-9(20)13(2,14)12(21-8)18-4-3-7-10(15)16-5-17-11(7)18/h3-6,8-9,12,19-20H,1-2H3,(H2,15,16,17). The second-order valence-corrected chi connectivity index (χ2v) is 5.51. The Bertz CT molecular complexity index is 672. The second-order valence-electron chi connectivity index (χ2n) is 5.51. The summed E-state index contributed by atoms with van der Waals surface area (Å²) in [4.78, 5) is 7.96. The lowest BCUT2D eigenvalue weighted by atomic mass is 9.96. The first-order valence-corrected chi connectivity index (χ1v) is 6.61. The van der Waals surface area contributed by atoms with Crippen LogP contribution in [0.25, 0.3) is 11.0 Å². The number of halogens is 1. The maximum atomic E-state index is 14.9. The number of aliphatic hydroxyl groups excluding tert-OH is 2. The molecular formula is C13H17FN4O3. The summed E-state index contributed by atoms with van der Waals surface area (Å²) in [5.41, 5.74) is 4.09. The number of fused-ring (bicyclic) bond motifs is 1. The average molecular weight is 296 g/mol. The lowest BCUT2D eigenvalue weighted by molar-refractivity contribution is -0.0793. The van der Waals surface area contributed by atoms with Crippen molar-refractivity contribution in [1.82, 2.24) is 14.5 Å². The van der Waals surface area contributed by atoms with E-state index in [9.17, 15) is 14.6 Å². The van der Waals surface area contributed by atoms with Crippen molar-refractivity contribution in [2.24, 2.45) is 0 Å². The van der Waals surface area contributed by atoms with Crippen LogP contribution in [-0.4, -0.2) is 48.7 Å². The van der Waals surface area contributed by atoms with Crippen LogP contribution in [-0.2, 0) is 4.74 Å². The number of alkyl halides is 1. The first kappa shape index (κ1) is 14.2. The number of rotatable bonds is 2. The topological polar surface area (TPSA) is 106 Å². The van der Waals surface area contributed by atoms with E-state index >= 15 is 0 Å². The van der Waals surface area contributed by atoms with Crippen molar-refractivity contribution in [2.45, 2.75) is 44.1 Å². The molecule has 114 valence electrons. The summed E-state index contributed by atoms with van der Waals surface area (Å²) >= 11 is 0. The van der Waals surface area contributed by atoms with Gasteiger partial charge in [0.15, 0.2) is 11.9 Å². The molecule has 1 saturated heterocycles. The molecule has 0 aliphatic carbocycles. The number of anilines is 1. The first-order valence-electron chi connectivity index (χ1n) is 6.61. The van der Waals surface area contributed by atoms with Gasteiger partial charge in [0.05, 0.1) is 11.5 Å². The highest BCUT2D eigenvalue weighted by Gasteiger charge is 2.56. The van der Waals surface area contributed by atoms with E-state index < -0.39 is 30.2 Å². The minimum absolute atomic E-state index is 0.282. The largest absolute Gasteiger partial charge is 0.391 e. The molecule has 0 bridgehead atoms. The lowest BCUT2D eigenvalue weighted by Gasteiger charge is -2.25. The summed E-state index contributed by atoms with van der Waals surface area (Å²) < 4.78 is 21.9. The SMILES string of the molecule is CC(O)C1OC(n2ccc3c(N)ncnc32)C(C)(F)C1O. The molecule has 5 atom stereocenters. The van der Waals surface area contributed by atoms with Crippen molar-refractivity contribution in [3.05, 3.63) is 18.6 Å². The molecule has 0 radical (unpaired) electrons. The van der Waals surface area contributed by atoms with Gasteiger partial charge in [0.1, 0.15) is 30.0 Å². The number of ether oxygens (including phenoxy) is 1. The van der Waals surface area contributed by atoms with Gasteiger partial charge in [-0.15, -0.1) is 0 Å². The van der Waals surface area contributed by atoms with Crippen molar-refractivity contribution in [2.75, 3.05) is 5.73 Å². The van der Waals surface area contributed by atoms with Gasteiger partial charge in [-0.1, -0.05) is 0 Å². The Hall–Kier alpha value is -1.77. The van der Waals surface area contributed by atoms with E-state index in [0.717, 1.165) is 0 Å². The van der Waals surface area contributed by atoms with Gasteiger partial charge >= 0.3 is 0 Å². The van der Waals surface area contributed by atoms with E-state index in [-0.39, 0.29) is 5.82 Å². The minimum Gasteiger partial charge on any atom is -0.391 e. The minimum atomic E-state index is -2.08. The Morgan fingerprint density at radius 1 is 1.52 bits per heavy atom. The summed E-state index contributed by atoms with van der Waals surface area (Å²) in [5, 5.41) is 20.2. The second kappa shape index (κ2) is 4.62. The molecule has 0 saturated carbocycles. The molecule has 3 heterocycles. The molecule has 8 heteroatoms. The van der Waals surface area contributed by atoms with Gasteiger partial charge in [-0.05, 0) is 19.9 Å². The van der Waals surface area contributed by atoms with Crippen LogP contribution < -0.4 is 5.73 Å². The number of nitrogens with zero attached hydrogens (tertiary/aromatic N) is 3. The third-order valence-electron chi connectivity index (χ3n) is 3.93. The van der Waals surface area contributed by atoms with Crippen LogP contribution in [0.5, 0.6) is 0 Å². The summed E-state index contributed by atoms with van der Waals surface area (Å²) in [6.45, 7) is 2.68. The van der Waals surface area contributed by atoms with Crippen molar-refractivity contribution in [3.63, 3.8) is 0 Å². The molecule has 1 fully saturated rings. The maximum Gasteiger partial charge on any atom is 0.181 e. The fourth-order valence-corrected chi connectivity index (χ4v) is 2.72. The smallest absolute Gasteiger partial charge is 0.181 e. The fraction of sp³-hybridized carbons (Fsp3) is 0.538. The molecule has 2 aromatic rings. The van der Waals surface area contributed by atoms with Crippen LogP contribution >= 0.6 is 0 Å². The molecule has 0 spiro atoms. The Morgan fingerprint density at radius 3 is 2.86 bits per heavy atom. The summed E-state index contributed by atoms with van der Waals surface area (Å²) in [7, 11) is 0. The van der Waals surface area contributed by atoms with Crippen LogP contribution in [0.4, 0.5) is 10.2 Å². The zero-order valence-corrected chi connectivity index (χ0v) is 11.6. The number of aliphatic hydroxyl groups is 2. The Balaban J connectivity index is 2.08. The Morgan fingerprint density at radius 2 is 2.24 bits per heavy atom. The number of nitrogen functional groups attached to an aromatic ring is 1. The normalized spacial score (nSPS) is 34.4. The van der Waals surface area contributed by atoms with E-state index in [1.807, 2.05) is 0 Å². The third-order valence-corrected chi connectivity index (χ3v) is 3.93. The quantitative estimate of drug-likeness (QED) is 0.739. The van der Waals surface area contributed by atoms with Crippen LogP contribution in [0, 0.1) is 0 Å². The van der Waals surface area contributed by atoms with Crippen LogP contribution in [0.1, 0.15) is 20.1 Å². The summed E-state index contributed by atoms with van der Waals surface area (Å²) in [5.74, 6) is 0.282. The van der Waals surface area contributed by atoms with Crippen LogP contribution in [0.2, 0.25) is 0 Å². The molecule has 0 aromatic carbocycles. The van der Waals surface area contributed by atoms with E-state index in [4.69, 9.17) is 10.5 Å². The van der Waals surface area contributed by atoms with Gasteiger partial charge in [0.2, 0.25) is 0 Å². The predicted molar refractivity (Wildman–Crippen MR) is 73.1 cm³/mol. The highest BCUT2D eigenvalue weighted by Crippen LogP contribution is 2.43. The highest BCUT2D eigenvalue weighted by atomic mass is 19.1. The average Bonchev–Trinajstić information content (AvgIpc) is 2.92. The molecule has 5 unspecified atom stereocenters. The zero-order chi connectivity index (χ0) is 15.4. The molecule has 0 amide bonds. The third kappa shape index (κ3) is 1.98. The number of aromatic nitrogens is 3. The molecule has 1 aliphatic rings. The number of hydrogen-bond acceptors (Lipinski definition) is 6. The molecule has 7 nitrogen and oxygen atoms in total. The van der Waals surface area contributed by atoms with Gasteiger partial charge < -0.3 is 25.3 Å². The molecule has 3 rings (SSSR count). The first-order chi connectivity index (χ1) is 9.84. The van der Waals surface area contributed by atoms with Crippen molar-refractivity contribution >= 4 is 16.9 Å². The van der Waals surface area contributed by atoms with Gasteiger partial charge in [-0.25, -0.2) is 14.4 Å². The van der Waals surface area contributed by atoms with Crippen molar-refractivity contribution in [1.29, 1.82) is 0 Å². The monoisotopic (exact) mass is 296 g/mol. The zero-order valence-electron chi connectivity index (χ0n) is 11.6. The summed E-state index contributed by atoms with van der Waals surface area (Å²) in [6.07, 6.45) is -1.71. The fourth-order valence-electron chi connectivity index (χ4n) is 2.72. The van der Waals surface area contributed by atoms with Crippen LogP contribution in [0.3, 0.4) is 0 Å². The maximum absolute atomic E-state index is 14.9. The van der Waals surface area contributed by atoms with Gasteiger partial charge in [0.25, 0.3) is 0 Å². The summed E-state index contributed by atoms with van der Waals surface area (Å²) in [6, 6.07) is 1.66. The highest BCUT2D eigenvalue weighted by molar-refractivity contribution is 5.86. The van der Waals surface area contributed by atoms with Crippen LogP contribution in [0.15, 0.2) is 18.6 Å². The predicted octanol–water partition coefficient (Wildman–Crippen LogP) is 0.381. The molecular weight excluding hydrogens is 279 g/mol. The Labute approximate surface area is 120 Å². The van der Waals surface area contributed by atoms with Crippen molar-refractivity contribution in [3.8, 4) is 0 Å². The number of nitrogens with two attached hydrogens (primary N) is 1. The van der Waals surface area contributed by atoms with Crippen molar-refractivity contribution < 1.29 is 19.3 Å². The number of hydrogen-bond donors (Lipinski definition) is 3. The molecule has 21 heavy (non-hydrogen) atoms. The van der Waals surface area contributed by atoms with E-state index in [1.165, 1.54) is 24.7 Å². The van der Waals surface area contributed by atoms with E-state index in [1.54, 1.807) is 12.3 Å². The van der Waals surface area contributed by atoms with Gasteiger partial charge in [0, 0.05) is 6.20 Å². The molecule has 2 aromatic heterocycles. The van der Waals surface area contributed by atoms with Gasteiger partial charge in [-0.3, -0.25) is 0 Å². The van der Waals surface area contributed by atoms with E-state index in [0.29, 0.717) is 11.0 Å².